The van der Waals surface area contributed by atoms with Crippen molar-refractivity contribution in [2.45, 2.75) is 25.7 Å². The van der Waals surface area contributed by atoms with E-state index in [1.54, 1.807) is 0 Å². The summed E-state index contributed by atoms with van der Waals surface area (Å²) in [7, 11) is 2.13. The Morgan fingerprint density at radius 2 is 1.65 bits per heavy atom. The molecule has 1 fully saturated rings. The van der Waals surface area contributed by atoms with E-state index < -0.39 is 0 Å². The normalized spacial score (nSPS) is 13.6. The lowest BCUT2D eigenvalue weighted by Crippen LogP contribution is -2.25. The van der Waals surface area contributed by atoms with Crippen molar-refractivity contribution >= 4 is 27.1 Å². The number of hydrogen-bond donors (Lipinski definition) is 0. The van der Waals surface area contributed by atoms with Crippen molar-refractivity contribution in [1.29, 1.82) is 0 Å². The van der Waals surface area contributed by atoms with Gasteiger partial charge in [-0.3, -0.25) is 9.88 Å². The van der Waals surface area contributed by atoms with Gasteiger partial charge in [0, 0.05) is 35.9 Å². The Morgan fingerprint density at radius 3 is 2.42 bits per heavy atom. The maximum atomic E-state index is 6.05. The van der Waals surface area contributed by atoms with Crippen molar-refractivity contribution in [1.82, 2.24) is 9.88 Å². The van der Waals surface area contributed by atoms with Crippen LogP contribution in [0.2, 0.25) is 0 Å². The smallest absolute Gasteiger partial charge is 0.119 e. The number of ether oxygens (including phenoxy) is 1. The summed E-state index contributed by atoms with van der Waals surface area (Å²) in [6, 6.07) is 30.8. The van der Waals surface area contributed by atoms with Crippen LogP contribution >= 0.6 is 11.3 Å². The minimum atomic E-state index is 0.758. The van der Waals surface area contributed by atoms with Crippen LogP contribution in [0, 0.1) is 0 Å². The Morgan fingerprint density at radius 1 is 0.875 bits per heavy atom. The number of nitrogens with zero attached hydrogens (tertiary/aromatic N) is 3. The lowest BCUT2D eigenvalue weighted by atomic mass is 9.98. The van der Waals surface area contributed by atoms with E-state index in [9.17, 15) is 0 Å². The molecule has 0 bridgehead atoms. The van der Waals surface area contributed by atoms with Gasteiger partial charge in [0.1, 0.15) is 12.4 Å². The number of likely N-dealkylation sites (N-methyl/N-ethyl adjacent to an activating group) is 1. The standard InChI is InChI=1S/C35H37N3OS/c1-37(30-7-6-19-36-26-30)22-18-27-10-14-29(15-11-27)35-33(32-8-2-3-9-34(32)40-35)25-28-12-16-31(17-13-28)39-24-23-38-20-4-5-21-38/h2-3,6-17,19,26H,4-5,18,20-25H2,1H3. The van der Waals surface area contributed by atoms with Crippen molar-refractivity contribution in [2.24, 2.45) is 0 Å². The summed E-state index contributed by atoms with van der Waals surface area (Å²) in [4.78, 5) is 10.4. The number of likely N-dealkylation sites (tertiary alicyclic amines) is 1. The molecular weight excluding hydrogens is 510 g/mol. The van der Waals surface area contributed by atoms with Gasteiger partial charge in [-0.15, -0.1) is 11.3 Å². The summed E-state index contributed by atoms with van der Waals surface area (Å²) in [5.41, 5.74) is 6.51. The van der Waals surface area contributed by atoms with Gasteiger partial charge in [0.2, 0.25) is 0 Å². The lowest BCUT2D eigenvalue weighted by molar-refractivity contribution is 0.238. The largest absolute Gasteiger partial charge is 0.492 e. The molecule has 0 unspecified atom stereocenters. The molecule has 1 saturated heterocycles. The van der Waals surface area contributed by atoms with Crippen LogP contribution in [0.25, 0.3) is 20.5 Å². The molecule has 0 saturated carbocycles. The molecule has 0 N–H and O–H groups in total. The second kappa shape index (κ2) is 12.7. The van der Waals surface area contributed by atoms with E-state index in [4.69, 9.17) is 4.74 Å². The fourth-order valence-electron chi connectivity index (χ4n) is 5.54. The van der Waals surface area contributed by atoms with Gasteiger partial charge in [-0.25, -0.2) is 0 Å². The second-order valence-electron chi connectivity index (χ2n) is 10.7. The average Bonchev–Trinajstić information content (AvgIpc) is 3.66. The van der Waals surface area contributed by atoms with Gasteiger partial charge < -0.3 is 9.64 Å². The predicted molar refractivity (Wildman–Crippen MR) is 169 cm³/mol. The minimum Gasteiger partial charge on any atom is -0.492 e. The van der Waals surface area contributed by atoms with Crippen molar-refractivity contribution in [3.05, 3.63) is 114 Å². The SMILES string of the molecule is CN(CCc1ccc(-c2sc3ccccc3c2Cc2ccc(OCCN3CCCC3)cc2)cc1)c1cccnc1. The minimum absolute atomic E-state index is 0.758. The van der Waals surface area contributed by atoms with Gasteiger partial charge in [-0.1, -0.05) is 54.6 Å². The van der Waals surface area contributed by atoms with Crippen LogP contribution in [-0.4, -0.2) is 49.7 Å². The topological polar surface area (TPSA) is 28.6 Å². The Bertz CT molecular complexity index is 1510. The molecule has 0 atom stereocenters. The number of aromatic nitrogens is 1. The molecule has 0 spiro atoms. The summed E-state index contributed by atoms with van der Waals surface area (Å²) >= 11 is 1.90. The number of hydrogen-bond acceptors (Lipinski definition) is 5. The van der Waals surface area contributed by atoms with Crippen molar-refractivity contribution in [3.8, 4) is 16.2 Å². The maximum absolute atomic E-state index is 6.05. The lowest BCUT2D eigenvalue weighted by Gasteiger charge is -2.18. The third-order valence-corrected chi connectivity index (χ3v) is 9.18. The Balaban J connectivity index is 1.14. The van der Waals surface area contributed by atoms with Gasteiger partial charge in [0.15, 0.2) is 0 Å². The molecule has 6 rings (SSSR count). The highest BCUT2D eigenvalue weighted by Gasteiger charge is 2.15. The second-order valence-corrected chi connectivity index (χ2v) is 11.8. The molecule has 1 aliphatic rings. The zero-order valence-electron chi connectivity index (χ0n) is 23.3. The first-order valence-corrected chi connectivity index (χ1v) is 15.2. The van der Waals surface area contributed by atoms with Crippen LogP contribution in [0.4, 0.5) is 5.69 Å². The number of fused-ring (bicyclic) bond motifs is 1. The Labute approximate surface area is 241 Å². The molecule has 5 heteroatoms. The van der Waals surface area contributed by atoms with Crippen LogP contribution in [0.5, 0.6) is 5.75 Å². The molecule has 2 aromatic heterocycles. The van der Waals surface area contributed by atoms with Crippen LogP contribution in [0.15, 0.2) is 97.3 Å². The molecule has 5 aromatic rings. The predicted octanol–water partition coefficient (Wildman–Crippen LogP) is 7.71. The average molecular weight is 548 g/mol. The van der Waals surface area contributed by atoms with Gasteiger partial charge in [0.05, 0.1) is 11.9 Å². The third-order valence-electron chi connectivity index (χ3n) is 7.92. The molecule has 4 nitrogen and oxygen atoms in total. The fraction of sp³-hybridized carbons (Fsp3) is 0.286. The summed E-state index contributed by atoms with van der Waals surface area (Å²) in [5.74, 6) is 0.961. The summed E-state index contributed by atoms with van der Waals surface area (Å²) < 4.78 is 7.39. The van der Waals surface area contributed by atoms with Crippen LogP contribution < -0.4 is 9.64 Å². The monoisotopic (exact) mass is 547 g/mol. The molecule has 40 heavy (non-hydrogen) atoms. The zero-order valence-corrected chi connectivity index (χ0v) is 24.1. The molecule has 3 heterocycles. The van der Waals surface area contributed by atoms with Crippen molar-refractivity contribution in [3.63, 3.8) is 0 Å². The van der Waals surface area contributed by atoms with Crippen molar-refractivity contribution in [2.75, 3.05) is 44.7 Å². The summed E-state index contributed by atoms with van der Waals surface area (Å²) in [5, 5.41) is 1.36. The number of anilines is 1. The van der Waals surface area contributed by atoms with E-state index in [-0.39, 0.29) is 0 Å². The van der Waals surface area contributed by atoms with Gasteiger partial charge >= 0.3 is 0 Å². The molecule has 0 amide bonds. The first-order valence-electron chi connectivity index (χ1n) is 14.4. The first kappa shape index (κ1) is 26.5. The van der Waals surface area contributed by atoms with E-state index in [1.807, 2.05) is 29.8 Å². The number of thiophene rings is 1. The highest BCUT2D eigenvalue weighted by Crippen LogP contribution is 2.40. The van der Waals surface area contributed by atoms with E-state index in [1.165, 1.54) is 63.1 Å². The van der Waals surface area contributed by atoms with E-state index in [0.717, 1.165) is 44.0 Å². The molecule has 0 aliphatic carbocycles. The van der Waals surface area contributed by atoms with Crippen LogP contribution in [0.1, 0.15) is 29.5 Å². The summed E-state index contributed by atoms with van der Waals surface area (Å²) in [6.07, 6.45) is 8.29. The molecule has 204 valence electrons. The Hall–Kier alpha value is -3.67. The first-order chi connectivity index (χ1) is 19.7. The van der Waals surface area contributed by atoms with E-state index in [0.29, 0.717) is 0 Å². The number of rotatable bonds is 11. The maximum Gasteiger partial charge on any atom is 0.119 e. The quantitative estimate of drug-likeness (QED) is 0.169. The van der Waals surface area contributed by atoms with Gasteiger partial charge in [0.25, 0.3) is 0 Å². The molecule has 3 aromatic carbocycles. The Kier molecular flexibility index (Phi) is 8.41. The number of benzene rings is 3. The van der Waals surface area contributed by atoms with Gasteiger partial charge in [-0.2, -0.15) is 0 Å². The van der Waals surface area contributed by atoms with Crippen LogP contribution in [-0.2, 0) is 12.8 Å². The van der Waals surface area contributed by atoms with Crippen molar-refractivity contribution < 1.29 is 4.74 Å². The highest BCUT2D eigenvalue weighted by atomic mass is 32.1. The molecule has 0 radical (unpaired) electrons. The third kappa shape index (κ3) is 6.38. The highest BCUT2D eigenvalue weighted by molar-refractivity contribution is 7.22. The van der Waals surface area contributed by atoms with Crippen LogP contribution in [0.3, 0.4) is 0 Å². The molecular formula is C35H37N3OS. The summed E-state index contributed by atoms with van der Waals surface area (Å²) in [6.45, 7) is 5.16. The van der Waals surface area contributed by atoms with Gasteiger partial charge in [-0.05, 0) is 96.7 Å². The van der Waals surface area contributed by atoms with E-state index >= 15 is 0 Å². The zero-order chi connectivity index (χ0) is 27.1. The fourth-order valence-corrected chi connectivity index (χ4v) is 6.77. The van der Waals surface area contributed by atoms with E-state index in [2.05, 4.69) is 101 Å². The molecule has 1 aliphatic heterocycles. The number of pyridine rings is 1.